The Hall–Kier alpha value is -1.06. The molecule has 0 heterocycles. The van der Waals surface area contributed by atoms with Gasteiger partial charge in [-0.1, -0.05) is 26.0 Å². The summed E-state index contributed by atoms with van der Waals surface area (Å²) in [6.45, 7) is 11.7. The zero-order chi connectivity index (χ0) is 15.3. The summed E-state index contributed by atoms with van der Waals surface area (Å²) in [6.07, 6.45) is 0.201. The van der Waals surface area contributed by atoms with Crippen molar-refractivity contribution in [1.29, 1.82) is 0 Å². The van der Waals surface area contributed by atoms with Crippen LogP contribution < -0.4 is 10.5 Å². The fourth-order valence-electron chi connectivity index (χ4n) is 2.16. The molecule has 0 aliphatic carbocycles. The molecule has 1 rings (SSSR count). The third-order valence-electron chi connectivity index (χ3n) is 3.82. The third kappa shape index (κ3) is 5.14. The Kier molecular flexibility index (Phi) is 6.50. The molecular formula is C17H30N2O. The zero-order valence-electron chi connectivity index (χ0n) is 13.8. The van der Waals surface area contributed by atoms with E-state index in [0.717, 1.165) is 17.9 Å². The SMILES string of the molecule is CC(C)Oc1ccc(C(N)CN(C)C(C)C(C)C)cc1. The maximum atomic E-state index is 6.30. The summed E-state index contributed by atoms with van der Waals surface area (Å²) in [5.74, 6) is 1.54. The van der Waals surface area contributed by atoms with Crippen LogP contribution in [0.3, 0.4) is 0 Å². The highest BCUT2D eigenvalue weighted by atomic mass is 16.5. The summed E-state index contributed by atoms with van der Waals surface area (Å²) < 4.78 is 5.65. The van der Waals surface area contributed by atoms with Crippen LogP contribution in [0.1, 0.15) is 46.2 Å². The largest absolute Gasteiger partial charge is 0.491 e. The average molecular weight is 278 g/mol. The van der Waals surface area contributed by atoms with Gasteiger partial charge < -0.3 is 15.4 Å². The number of likely N-dealkylation sites (N-methyl/N-ethyl adjacent to an activating group) is 1. The molecule has 0 spiro atoms. The molecule has 2 unspecified atom stereocenters. The molecule has 0 saturated heterocycles. The first-order valence-corrected chi connectivity index (χ1v) is 7.53. The van der Waals surface area contributed by atoms with E-state index in [2.05, 4.69) is 44.9 Å². The lowest BCUT2D eigenvalue weighted by Crippen LogP contribution is -2.38. The van der Waals surface area contributed by atoms with E-state index in [1.165, 1.54) is 0 Å². The minimum absolute atomic E-state index is 0.0364. The number of hydrogen-bond acceptors (Lipinski definition) is 3. The first kappa shape index (κ1) is 17.0. The number of benzene rings is 1. The van der Waals surface area contributed by atoms with Crippen molar-refractivity contribution in [3.8, 4) is 5.75 Å². The summed E-state index contributed by atoms with van der Waals surface area (Å²) >= 11 is 0. The standard InChI is InChI=1S/C17H30N2O/c1-12(2)14(5)19(6)11-17(18)15-7-9-16(10-8-15)20-13(3)4/h7-10,12-14,17H,11,18H2,1-6H3. The predicted molar refractivity (Wildman–Crippen MR) is 86.1 cm³/mol. The van der Waals surface area contributed by atoms with Crippen LogP contribution >= 0.6 is 0 Å². The molecule has 1 aromatic rings. The van der Waals surface area contributed by atoms with Gasteiger partial charge in [0, 0.05) is 18.6 Å². The molecule has 114 valence electrons. The summed E-state index contributed by atoms with van der Waals surface area (Å²) in [5, 5.41) is 0. The highest BCUT2D eigenvalue weighted by Crippen LogP contribution is 2.19. The van der Waals surface area contributed by atoms with E-state index in [0.29, 0.717) is 12.0 Å². The lowest BCUT2D eigenvalue weighted by Gasteiger charge is -2.30. The fraction of sp³-hybridized carbons (Fsp3) is 0.647. The number of hydrogen-bond donors (Lipinski definition) is 1. The molecule has 0 amide bonds. The van der Waals surface area contributed by atoms with E-state index < -0.39 is 0 Å². The molecule has 0 aliphatic rings. The second-order valence-corrected chi connectivity index (χ2v) is 6.27. The summed E-state index contributed by atoms with van der Waals surface area (Å²) in [4.78, 5) is 2.33. The summed E-state index contributed by atoms with van der Waals surface area (Å²) in [6, 6.07) is 8.70. The van der Waals surface area contributed by atoms with Crippen LogP contribution in [0.25, 0.3) is 0 Å². The smallest absolute Gasteiger partial charge is 0.119 e. The highest BCUT2D eigenvalue weighted by molar-refractivity contribution is 5.29. The second kappa shape index (κ2) is 7.65. The fourth-order valence-corrected chi connectivity index (χ4v) is 2.16. The topological polar surface area (TPSA) is 38.5 Å². The Morgan fingerprint density at radius 3 is 2.05 bits per heavy atom. The maximum Gasteiger partial charge on any atom is 0.119 e. The van der Waals surface area contributed by atoms with Crippen molar-refractivity contribution in [1.82, 2.24) is 4.90 Å². The Balaban J connectivity index is 2.61. The molecule has 3 heteroatoms. The zero-order valence-corrected chi connectivity index (χ0v) is 13.8. The van der Waals surface area contributed by atoms with Crippen molar-refractivity contribution in [3.05, 3.63) is 29.8 Å². The van der Waals surface area contributed by atoms with Crippen LogP contribution in [0.4, 0.5) is 0 Å². The van der Waals surface area contributed by atoms with Crippen molar-refractivity contribution in [2.45, 2.75) is 52.8 Å². The minimum Gasteiger partial charge on any atom is -0.491 e. The Labute approximate surface area is 124 Å². The van der Waals surface area contributed by atoms with Gasteiger partial charge in [0.15, 0.2) is 0 Å². The first-order chi connectivity index (χ1) is 9.31. The van der Waals surface area contributed by atoms with Crippen LogP contribution in [0.5, 0.6) is 5.75 Å². The van der Waals surface area contributed by atoms with E-state index in [1.54, 1.807) is 0 Å². The lowest BCUT2D eigenvalue weighted by molar-refractivity contribution is 0.197. The summed E-state index contributed by atoms with van der Waals surface area (Å²) in [7, 11) is 2.14. The second-order valence-electron chi connectivity index (χ2n) is 6.27. The Bertz CT molecular complexity index is 386. The van der Waals surface area contributed by atoms with Gasteiger partial charge in [0.2, 0.25) is 0 Å². The molecule has 0 aromatic heterocycles. The Morgan fingerprint density at radius 2 is 1.60 bits per heavy atom. The van der Waals surface area contributed by atoms with Crippen molar-refractivity contribution >= 4 is 0 Å². The van der Waals surface area contributed by atoms with Gasteiger partial charge in [0.25, 0.3) is 0 Å². The molecule has 0 saturated carbocycles. The molecule has 0 aliphatic heterocycles. The van der Waals surface area contributed by atoms with Gasteiger partial charge in [0.05, 0.1) is 6.10 Å². The van der Waals surface area contributed by atoms with Gasteiger partial charge in [-0.15, -0.1) is 0 Å². The number of nitrogens with two attached hydrogens (primary N) is 1. The van der Waals surface area contributed by atoms with Gasteiger partial charge in [-0.05, 0) is 51.4 Å². The van der Waals surface area contributed by atoms with Gasteiger partial charge >= 0.3 is 0 Å². The van der Waals surface area contributed by atoms with Crippen molar-refractivity contribution in [3.63, 3.8) is 0 Å². The monoisotopic (exact) mass is 278 g/mol. The number of rotatable bonds is 7. The quantitative estimate of drug-likeness (QED) is 0.830. The van der Waals surface area contributed by atoms with E-state index >= 15 is 0 Å². The molecule has 0 bridgehead atoms. The first-order valence-electron chi connectivity index (χ1n) is 7.53. The molecule has 2 atom stereocenters. The number of nitrogens with zero attached hydrogens (tertiary/aromatic N) is 1. The molecule has 0 radical (unpaired) electrons. The van der Waals surface area contributed by atoms with Gasteiger partial charge in [-0.3, -0.25) is 0 Å². The van der Waals surface area contributed by atoms with Crippen LogP contribution in [0.15, 0.2) is 24.3 Å². The van der Waals surface area contributed by atoms with Gasteiger partial charge in [-0.25, -0.2) is 0 Å². The van der Waals surface area contributed by atoms with E-state index in [9.17, 15) is 0 Å². The van der Waals surface area contributed by atoms with Crippen molar-refractivity contribution in [2.75, 3.05) is 13.6 Å². The van der Waals surface area contributed by atoms with Crippen LogP contribution in [-0.4, -0.2) is 30.6 Å². The lowest BCUT2D eigenvalue weighted by atomic mass is 10.0. The Morgan fingerprint density at radius 1 is 1.05 bits per heavy atom. The van der Waals surface area contributed by atoms with Crippen LogP contribution in [0.2, 0.25) is 0 Å². The third-order valence-corrected chi connectivity index (χ3v) is 3.82. The molecule has 1 aromatic carbocycles. The molecule has 2 N–H and O–H groups in total. The highest BCUT2D eigenvalue weighted by Gasteiger charge is 2.16. The van der Waals surface area contributed by atoms with Crippen LogP contribution in [0, 0.1) is 5.92 Å². The molecule has 0 fully saturated rings. The minimum atomic E-state index is 0.0364. The maximum absolute atomic E-state index is 6.30. The molecular weight excluding hydrogens is 248 g/mol. The normalized spacial score (nSPS) is 14.9. The van der Waals surface area contributed by atoms with Gasteiger partial charge in [-0.2, -0.15) is 0 Å². The van der Waals surface area contributed by atoms with E-state index in [4.69, 9.17) is 10.5 Å². The van der Waals surface area contributed by atoms with Crippen molar-refractivity contribution in [2.24, 2.45) is 11.7 Å². The van der Waals surface area contributed by atoms with Gasteiger partial charge in [0.1, 0.15) is 5.75 Å². The molecule has 20 heavy (non-hydrogen) atoms. The predicted octanol–water partition coefficient (Wildman–Crippen LogP) is 3.45. The van der Waals surface area contributed by atoms with Crippen LogP contribution in [-0.2, 0) is 0 Å². The molecule has 3 nitrogen and oxygen atoms in total. The van der Waals surface area contributed by atoms with E-state index in [-0.39, 0.29) is 12.1 Å². The van der Waals surface area contributed by atoms with Crippen molar-refractivity contribution < 1.29 is 4.74 Å². The summed E-state index contributed by atoms with van der Waals surface area (Å²) in [5.41, 5.74) is 7.46. The number of ether oxygens (including phenoxy) is 1. The average Bonchev–Trinajstić information content (AvgIpc) is 2.37. The van der Waals surface area contributed by atoms with E-state index in [1.807, 2.05) is 26.0 Å².